The highest BCUT2D eigenvalue weighted by molar-refractivity contribution is 5.85. The maximum absolute atomic E-state index is 5.41. The maximum Gasteiger partial charge on any atom is 0.247 e. The number of nitrogens with one attached hydrogen (secondary N) is 1. The van der Waals surface area contributed by atoms with E-state index in [4.69, 9.17) is 4.74 Å². The molecule has 1 saturated heterocycles. The summed E-state index contributed by atoms with van der Waals surface area (Å²) in [5.74, 6) is 1.42. The van der Waals surface area contributed by atoms with Crippen molar-refractivity contribution in [3.63, 3.8) is 0 Å². The Balaban J connectivity index is 1.29. The molecule has 0 atom stereocenters. The molecule has 5 aromatic rings. The third kappa shape index (κ3) is 3.48. The van der Waals surface area contributed by atoms with Crippen LogP contribution in [0.2, 0.25) is 0 Å². The number of hydrogen-bond acceptors (Lipinski definition) is 8. The Bertz CT molecular complexity index is 1390. The van der Waals surface area contributed by atoms with Crippen LogP contribution in [-0.4, -0.2) is 55.9 Å². The SMILES string of the molecule is c1ccc2ncc(-c3nccn4nc(Nc5ccc(N6CCOCC6)nc5)nc34)cc2c1. The highest BCUT2D eigenvalue weighted by Crippen LogP contribution is 2.25. The van der Waals surface area contributed by atoms with Gasteiger partial charge in [-0.15, -0.1) is 5.10 Å². The molecule has 32 heavy (non-hydrogen) atoms. The van der Waals surface area contributed by atoms with Crippen LogP contribution in [0, 0.1) is 0 Å². The Morgan fingerprint density at radius 3 is 2.72 bits per heavy atom. The van der Waals surface area contributed by atoms with E-state index in [1.807, 2.05) is 42.6 Å². The molecule has 1 aliphatic heterocycles. The van der Waals surface area contributed by atoms with Crippen LogP contribution in [0.15, 0.2) is 67.3 Å². The standard InChI is InChI=1S/C23H20N8O/c1-2-4-19-16(3-1)13-17(14-25-19)21-22-28-23(29-31(22)8-7-24-21)27-18-5-6-20(26-15-18)30-9-11-32-12-10-30/h1-8,13-15H,9-12H2,(H,27,29). The molecule has 1 N–H and O–H groups in total. The molecule has 1 aliphatic rings. The first-order valence-corrected chi connectivity index (χ1v) is 10.5. The van der Waals surface area contributed by atoms with Crippen LogP contribution in [0.3, 0.4) is 0 Å². The van der Waals surface area contributed by atoms with Crippen molar-refractivity contribution in [2.24, 2.45) is 0 Å². The lowest BCUT2D eigenvalue weighted by Gasteiger charge is -2.27. The fourth-order valence-electron chi connectivity index (χ4n) is 3.84. The van der Waals surface area contributed by atoms with Crippen molar-refractivity contribution < 1.29 is 4.74 Å². The summed E-state index contributed by atoms with van der Waals surface area (Å²) >= 11 is 0. The highest BCUT2D eigenvalue weighted by Gasteiger charge is 2.14. The van der Waals surface area contributed by atoms with Gasteiger partial charge in [0, 0.05) is 42.6 Å². The van der Waals surface area contributed by atoms with E-state index < -0.39 is 0 Å². The van der Waals surface area contributed by atoms with Crippen LogP contribution in [0.1, 0.15) is 0 Å². The number of benzene rings is 1. The van der Waals surface area contributed by atoms with E-state index in [0.29, 0.717) is 11.6 Å². The lowest BCUT2D eigenvalue weighted by atomic mass is 10.1. The van der Waals surface area contributed by atoms with Crippen LogP contribution >= 0.6 is 0 Å². The van der Waals surface area contributed by atoms with Crippen LogP contribution < -0.4 is 10.2 Å². The quantitative estimate of drug-likeness (QED) is 0.470. The largest absolute Gasteiger partial charge is 0.378 e. The van der Waals surface area contributed by atoms with Gasteiger partial charge in [-0.3, -0.25) is 9.97 Å². The van der Waals surface area contributed by atoms with Crippen molar-refractivity contribution in [3.8, 4) is 11.3 Å². The summed E-state index contributed by atoms with van der Waals surface area (Å²) in [5, 5.41) is 8.84. The zero-order valence-corrected chi connectivity index (χ0v) is 17.2. The molecule has 0 spiro atoms. The summed E-state index contributed by atoms with van der Waals surface area (Å²) in [6, 6.07) is 14.1. The fourth-order valence-corrected chi connectivity index (χ4v) is 3.84. The molecule has 158 valence electrons. The molecule has 0 unspecified atom stereocenters. The number of hydrogen-bond donors (Lipinski definition) is 1. The maximum atomic E-state index is 5.41. The number of nitrogens with zero attached hydrogens (tertiary/aromatic N) is 7. The molecule has 4 aromatic heterocycles. The highest BCUT2D eigenvalue weighted by atomic mass is 16.5. The summed E-state index contributed by atoms with van der Waals surface area (Å²) in [4.78, 5) is 20.6. The third-order valence-electron chi connectivity index (χ3n) is 5.46. The topological polar surface area (TPSA) is 93.4 Å². The smallest absolute Gasteiger partial charge is 0.247 e. The predicted molar refractivity (Wildman–Crippen MR) is 122 cm³/mol. The van der Waals surface area contributed by atoms with E-state index in [1.54, 1.807) is 23.1 Å². The summed E-state index contributed by atoms with van der Waals surface area (Å²) in [7, 11) is 0. The van der Waals surface area contributed by atoms with Crippen molar-refractivity contribution in [2.75, 3.05) is 36.5 Å². The predicted octanol–water partition coefficient (Wildman–Crippen LogP) is 3.31. The minimum absolute atomic E-state index is 0.480. The summed E-state index contributed by atoms with van der Waals surface area (Å²) in [6.07, 6.45) is 7.11. The average Bonchev–Trinajstić information content (AvgIpc) is 3.27. The summed E-state index contributed by atoms with van der Waals surface area (Å²) in [5.41, 5.74) is 4.04. The van der Waals surface area contributed by atoms with E-state index in [0.717, 1.165) is 60.0 Å². The van der Waals surface area contributed by atoms with E-state index >= 15 is 0 Å². The first kappa shape index (κ1) is 18.6. The van der Waals surface area contributed by atoms with Crippen LogP contribution in [0.25, 0.3) is 27.8 Å². The number of fused-ring (bicyclic) bond motifs is 2. The van der Waals surface area contributed by atoms with Crippen LogP contribution in [0.5, 0.6) is 0 Å². The van der Waals surface area contributed by atoms with E-state index in [9.17, 15) is 0 Å². The van der Waals surface area contributed by atoms with Gasteiger partial charge in [-0.2, -0.15) is 4.98 Å². The monoisotopic (exact) mass is 424 g/mol. The van der Waals surface area contributed by atoms with Gasteiger partial charge in [-0.25, -0.2) is 9.50 Å². The van der Waals surface area contributed by atoms with Crippen molar-refractivity contribution in [1.82, 2.24) is 29.5 Å². The van der Waals surface area contributed by atoms with Gasteiger partial charge >= 0.3 is 0 Å². The van der Waals surface area contributed by atoms with Gasteiger partial charge in [0.2, 0.25) is 5.95 Å². The zero-order chi connectivity index (χ0) is 21.3. The van der Waals surface area contributed by atoms with Crippen molar-refractivity contribution in [1.29, 1.82) is 0 Å². The molecular weight excluding hydrogens is 404 g/mol. The number of pyridine rings is 2. The molecule has 0 amide bonds. The lowest BCUT2D eigenvalue weighted by Crippen LogP contribution is -2.36. The number of rotatable bonds is 4. The number of anilines is 3. The second-order valence-electron chi connectivity index (χ2n) is 7.53. The number of ether oxygens (including phenoxy) is 1. The molecule has 5 heterocycles. The Kier molecular flexibility index (Phi) is 4.58. The van der Waals surface area contributed by atoms with Crippen molar-refractivity contribution in [2.45, 2.75) is 0 Å². The van der Waals surface area contributed by atoms with Gasteiger partial charge in [-0.05, 0) is 24.3 Å². The second-order valence-corrected chi connectivity index (χ2v) is 7.53. The Morgan fingerprint density at radius 1 is 0.938 bits per heavy atom. The minimum Gasteiger partial charge on any atom is -0.378 e. The van der Waals surface area contributed by atoms with Crippen LogP contribution in [0.4, 0.5) is 17.5 Å². The number of morpholine rings is 1. The van der Waals surface area contributed by atoms with E-state index in [1.165, 1.54) is 0 Å². The number of aromatic nitrogens is 6. The Morgan fingerprint density at radius 2 is 1.84 bits per heavy atom. The molecule has 6 rings (SSSR count). The third-order valence-corrected chi connectivity index (χ3v) is 5.46. The Hall–Kier alpha value is -4.11. The molecule has 9 nitrogen and oxygen atoms in total. The van der Waals surface area contributed by atoms with Gasteiger partial charge in [0.05, 0.1) is 30.6 Å². The molecule has 9 heteroatoms. The molecule has 0 bridgehead atoms. The van der Waals surface area contributed by atoms with Gasteiger partial charge in [-0.1, -0.05) is 18.2 Å². The lowest BCUT2D eigenvalue weighted by molar-refractivity contribution is 0.122. The molecular formula is C23H20N8O. The molecule has 1 aromatic carbocycles. The summed E-state index contributed by atoms with van der Waals surface area (Å²) < 4.78 is 7.12. The summed E-state index contributed by atoms with van der Waals surface area (Å²) in [6.45, 7) is 3.17. The van der Waals surface area contributed by atoms with Gasteiger partial charge in [0.1, 0.15) is 11.5 Å². The van der Waals surface area contributed by atoms with E-state index in [2.05, 4.69) is 41.3 Å². The van der Waals surface area contributed by atoms with E-state index in [-0.39, 0.29) is 0 Å². The average molecular weight is 424 g/mol. The molecule has 0 radical (unpaired) electrons. The van der Waals surface area contributed by atoms with Crippen molar-refractivity contribution in [3.05, 3.63) is 67.3 Å². The fraction of sp³-hybridized carbons (Fsp3) is 0.174. The second kappa shape index (κ2) is 7.86. The van der Waals surface area contributed by atoms with Gasteiger partial charge in [0.25, 0.3) is 0 Å². The molecule has 1 fully saturated rings. The number of para-hydroxylation sites is 1. The van der Waals surface area contributed by atoms with Gasteiger partial charge < -0.3 is 15.0 Å². The minimum atomic E-state index is 0.480. The first-order valence-electron chi connectivity index (χ1n) is 10.5. The molecule has 0 saturated carbocycles. The van der Waals surface area contributed by atoms with Gasteiger partial charge in [0.15, 0.2) is 5.65 Å². The Labute approximate surface area is 183 Å². The normalized spacial score (nSPS) is 14.2. The van der Waals surface area contributed by atoms with Crippen LogP contribution in [-0.2, 0) is 4.74 Å². The van der Waals surface area contributed by atoms with Crippen molar-refractivity contribution >= 4 is 34.0 Å². The first-order chi connectivity index (χ1) is 15.8. The zero-order valence-electron chi connectivity index (χ0n) is 17.2. The molecule has 0 aliphatic carbocycles.